The molecule has 2 aliphatic heterocycles. The van der Waals surface area contributed by atoms with Crippen LogP contribution in [0.2, 0.25) is 0 Å². The second kappa shape index (κ2) is 5.19. The van der Waals surface area contributed by atoms with Crippen molar-refractivity contribution >= 4 is 0 Å². The van der Waals surface area contributed by atoms with Gasteiger partial charge in [0.1, 0.15) is 23.9 Å². The van der Waals surface area contributed by atoms with E-state index in [0.29, 0.717) is 0 Å². The molecular weight excluding hydrogens is 264 g/mol. The number of rotatable bonds is 2. The van der Waals surface area contributed by atoms with Gasteiger partial charge in [0, 0.05) is 5.92 Å². The van der Waals surface area contributed by atoms with Gasteiger partial charge in [0.05, 0.1) is 13.2 Å². The van der Waals surface area contributed by atoms with E-state index in [-0.39, 0.29) is 12.5 Å². The van der Waals surface area contributed by atoms with Crippen LogP contribution in [-0.4, -0.2) is 63.3 Å². The first kappa shape index (κ1) is 14.7. The van der Waals surface area contributed by atoms with Crippen molar-refractivity contribution in [1.82, 2.24) is 0 Å². The van der Waals surface area contributed by atoms with Crippen LogP contribution in [0.1, 0.15) is 38.5 Å². The molecule has 0 aromatic rings. The van der Waals surface area contributed by atoms with E-state index in [1.165, 1.54) is 0 Å². The van der Waals surface area contributed by atoms with Crippen LogP contribution in [0.3, 0.4) is 0 Å². The summed E-state index contributed by atoms with van der Waals surface area (Å²) >= 11 is 0. The highest BCUT2D eigenvalue weighted by Gasteiger charge is 2.68. The fourth-order valence-electron chi connectivity index (χ4n) is 3.92. The molecule has 2 bridgehead atoms. The molecule has 3 fully saturated rings. The van der Waals surface area contributed by atoms with E-state index in [1.54, 1.807) is 0 Å². The summed E-state index contributed by atoms with van der Waals surface area (Å²) in [5.74, 6) is -1.30. The molecule has 0 unspecified atom stereocenters. The highest BCUT2D eigenvalue weighted by Crippen LogP contribution is 2.50. The Morgan fingerprint density at radius 3 is 2.20 bits per heavy atom. The topological polar surface area (TPSA) is 99.4 Å². The maximum atomic E-state index is 10.4. The summed E-state index contributed by atoms with van der Waals surface area (Å²) < 4.78 is 11.6. The van der Waals surface area contributed by atoms with Crippen molar-refractivity contribution in [1.29, 1.82) is 0 Å². The van der Waals surface area contributed by atoms with E-state index >= 15 is 0 Å². The van der Waals surface area contributed by atoms with Gasteiger partial charge >= 0.3 is 0 Å². The number of hydrogen-bond acceptors (Lipinski definition) is 6. The third kappa shape index (κ3) is 1.94. The molecule has 3 rings (SSSR count). The van der Waals surface area contributed by atoms with Gasteiger partial charge in [-0.25, -0.2) is 0 Å². The third-order valence-corrected chi connectivity index (χ3v) is 5.19. The first-order valence-corrected chi connectivity index (χ1v) is 7.55. The summed E-state index contributed by atoms with van der Waals surface area (Å²) in [5, 5.41) is 40.1. The van der Waals surface area contributed by atoms with E-state index in [4.69, 9.17) is 9.47 Å². The molecule has 6 heteroatoms. The molecule has 2 saturated heterocycles. The summed E-state index contributed by atoms with van der Waals surface area (Å²) in [6, 6.07) is 0. The summed E-state index contributed by atoms with van der Waals surface area (Å²) in [6.07, 6.45) is 2.11. The molecule has 1 saturated carbocycles. The van der Waals surface area contributed by atoms with Gasteiger partial charge < -0.3 is 29.9 Å². The van der Waals surface area contributed by atoms with Crippen molar-refractivity contribution in [2.24, 2.45) is 5.92 Å². The minimum Gasteiger partial charge on any atom is -0.393 e. The normalized spacial score (nSPS) is 50.1. The first-order valence-electron chi connectivity index (χ1n) is 7.55. The van der Waals surface area contributed by atoms with Crippen molar-refractivity contribution in [2.75, 3.05) is 13.2 Å². The van der Waals surface area contributed by atoms with Gasteiger partial charge in [-0.15, -0.1) is 0 Å². The van der Waals surface area contributed by atoms with E-state index < -0.39 is 36.3 Å². The molecule has 0 aromatic carbocycles. The van der Waals surface area contributed by atoms with E-state index in [9.17, 15) is 20.4 Å². The van der Waals surface area contributed by atoms with E-state index in [0.717, 1.165) is 38.5 Å². The van der Waals surface area contributed by atoms with Crippen molar-refractivity contribution in [3.05, 3.63) is 0 Å². The number of aliphatic hydroxyl groups is 4. The molecule has 0 aromatic heterocycles. The van der Waals surface area contributed by atoms with E-state index in [2.05, 4.69) is 0 Å². The van der Waals surface area contributed by atoms with Crippen molar-refractivity contribution in [3.8, 4) is 0 Å². The lowest BCUT2D eigenvalue weighted by molar-refractivity contribution is -0.341. The minimum atomic E-state index is -1.36. The van der Waals surface area contributed by atoms with Gasteiger partial charge in [-0.05, 0) is 12.8 Å². The SMILES string of the molecule is OC[C@@]12CO[C@@](C3CCCCCC3)(O1)[C@@H](O)[C@@H](O)[C@@H]2O. The Labute approximate surface area is 118 Å². The molecule has 4 N–H and O–H groups in total. The largest absolute Gasteiger partial charge is 0.393 e. The van der Waals surface area contributed by atoms with Crippen molar-refractivity contribution < 1.29 is 29.9 Å². The molecule has 6 nitrogen and oxygen atoms in total. The van der Waals surface area contributed by atoms with Crippen molar-refractivity contribution in [2.45, 2.75) is 68.2 Å². The molecule has 116 valence electrons. The zero-order valence-corrected chi connectivity index (χ0v) is 11.6. The Morgan fingerprint density at radius 1 is 0.950 bits per heavy atom. The average molecular weight is 288 g/mol. The predicted octanol–water partition coefficient (Wildman–Crippen LogP) is -0.473. The highest BCUT2D eigenvalue weighted by atomic mass is 16.8. The van der Waals surface area contributed by atoms with Gasteiger partial charge in [-0.2, -0.15) is 0 Å². The van der Waals surface area contributed by atoms with Crippen LogP contribution in [0.15, 0.2) is 0 Å². The molecule has 0 amide bonds. The number of ether oxygens (including phenoxy) is 2. The second-order valence-corrected chi connectivity index (χ2v) is 6.40. The fraction of sp³-hybridized carbons (Fsp3) is 1.00. The van der Waals surface area contributed by atoms with Gasteiger partial charge in [-0.1, -0.05) is 25.7 Å². The van der Waals surface area contributed by atoms with Crippen LogP contribution < -0.4 is 0 Å². The van der Waals surface area contributed by atoms with Crippen LogP contribution in [0.5, 0.6) is 0 Å². The standard InChI is InChI=1S/C14H24O6/c15-7-13-8-19-14(20-13,12(18)10(16)11(13)17)9-5-3-1-2-4-6-9/h9-12,15-18H,1-8H2/t10-,11-,12-,13-,14-/m0/s1. The highest BCUT2D eigenvalue weighted by molar-refractivity contribution is 5.11. The van der Waals surface area contributed by atoms with Crippen LogP contribution in [0.4, 0.5) is 0 Å². The fourth-order valence-corrected chi connectivity index (χ4v) is 3.92. The molecule has 1 aliphatic carbocycles. The molecule has 0 radical (unpaired) electrons. The third-order valence-electron chi connectivity index (χ3n) is 5.19. The number of fused-ring (bicyclic) bond motifs is 2. The maximum absolute atomic E-state index is 10.4. The van der Waals surface area contributed by atoms with Crippen molar-refractivity contribution in [3.63, 3.8) is 0 Å². The van der Waals surface area contributed by atoms with Crippen LogP contribution in [0, 0.1) is 5.92 Å². The Balaban J connectivity index is 1.91. The quantitative estimate of drug-likeness (QED) is 0.513. The van der Waals surface area contributed by atoms with Gasteiger partial charge in [0.25, 0.3) is 0 Å². The molecule has 0 spiro atoms. The summed E-state index contributed by atoms with van der Waals surface area (Å²) in [5.41, 5.74) is -1.31. The Kier molecular flexibility index (Phi) is 3.81. The summed E-state index contributed by atoms with van der Waals surface area (Å²) in [4.78, 5) is 0. The molecule has 2 heterocycles. The number of aliphatic hydroxyl groups excluding tert-OH is 4. The zero-order valence-electron chi connectivity index (χ0n) is 11.6. The average Bonchev–Trinajstić information content (AvgIpc) is 2.63. The Hall–Kier alpha value is -0.240. The Morgan fingerprint density at radius 2 is 1.60 bits per heavy atom. The maximum Gasteiger partial charge on any atom is 0.201 e. The second-order valence-electron chi connectivity index (χ2n) is 6.40. The monoisotopic (exact) mass is 288 g/mol. The van der Waals surface area contributed by atoms with Crippen LogP contribution in [-0.2, 0) is 9.47 Å². The van der Waals surface area contributed by atoms with E-state index in [1.807, 2.05) is 0 Å². The van der Waals surface area contributed by atoms with Crippen LogP contribution in [0.25, 0.3) is 0 Å². The lowest BCUT2D eigenvalue weighted by Gasteiger charge is -2.48. The summed E-state index contributed by atoms with van der Waals surface area (Å²) in [7, 11) is 0. The summed E-state index contributed by atoms with van der Waals surface area (Å²) in [6.45, 7) is -0.443. The molecule has 5 atom stereocenters. The molecule has 20 heavy (non-hydrogen) atoms. The Bertz CT molecular complexity index is 356. The predicted molar refractivity (Wildman–Crippen MR) is 68.8 cm³/mol. The molecular formula is C14H24O6. The minimum absolute atomic E-state index is 0.00468. The number of hydrogen-bond donors (Lipinski definition) is 4. The van der Waals surface area contributed by atoms with Gasteiger partial charge in [0.15, 0.2) is 0 Å². The van der Waals surface area contributed by atoms with Gasteiger partial charge in [-0.3, -0.25) is 0 Å². The first-order chi connectivity index (χ1) is 9.56. The van der Waals surface area contributed by atoms with Crippen LogP contribution >= 0.6 is 0 Å². The lowest BCUT2D eigenvalue weighted by Crippen LogP contribution is -2.68. The van der Waals surface area contributed by atoms with Gasteiger partial charge in [0.2, 0.25) is 5.79 Å². The molecule has 3 aliphatic rings. The lowest BCUT2D eigenvalue weighted by atomic mass is 9.79. The smallest absolute Gasteiger partial charge is 0.201 e. The zero-order chi connectivity index (χ0) is 14.4.